The van der Waals surface area contributed by atoms with Crippen molar-refractivity contribution < 1.29 is 27.4 Å². The van der Waals surface area contributed by atoms with E-state index in [4.69, 9.17) is 18.9 Å². The zero-order valence-corrected chi connectivity index (χ0v) is 19.6. The minimum absolute atomic E-state index is 0.0675. The highest BCUT2D eigenvalue weighted by atomic mass is 32.2. The Kier molecular flexibility index (Phi) is 5.13. The minimum atomic E-state index is -1.38. The highest BCUT2D eigenvalue weighted by molar-refractivity contribution is 7.87. The van der Waals surface area contributed by atoms with Gasteiger partial charge in [0, 0.05) is 20.6 Å². The highest BCUT2D eigenvalue weighted by Gasteiger charge is 2.36. The largest absolute Gasteiger partial charge is 0.454 e. The second kappa shape index (κ2) is 7.27. The number of hydrogen-bond donors (Lipinski definition) is 0. The third-order valence-corrected chi connectivity index (χ3v) is 8.47. The van der Waals surface area contributed by atoms with Crippen LogP contribution >= 0.6 is 0 Å². The van der Waals surface area contributed by atoms with Gasteiger partial charge in [0.15, 0.2) is 23.0 Å². The molecule has 30 heavy (non-hydrogen) atoms. The normalized spacial score (nSPS) is 17.1. The van der Waals surface area contributed by atoms with Gasteiger partial charge in [-0.3, -0.25) is 8.42 Å². The van der Waals surface area contributed by atoms with Crippen LogP contribution in [0.2, 0.25) is 0 Å². The molecule has 2 aliphatic rings. The van der Waals surface area contributed by atoms with Crippen molar-refractivity contribution in [2.45, 2.75) is 60.8 Å². The van der Waals surface area contributed by atoms with Gasteiger partial charge in [-0.1, -0.05) is 0 Å². The number of fused-ring (bicyclic) bond motifs is 2. The SMILES string of the molecule is CC(C)(C)S(=O)c1ccc2c(c1-c1c(S(=O)C(C)(C)C)ccc3c1OCO3)OCO2. The third kappa shape index (κ3) is 3.50. The monoisotopic (exact) mass is 450 g/mol. The van der Waals surface area contributed by atoms with Crippen LogP contribution in [0.1, 0.15) is 41.5 Å². The maximum Gasteiger partial charge on any atom is 0.231 e. The Morgan fingerprint density at radius 3 is 1.33 bits per heavy atom. The molecule has 0 saturated carbocycles. The quantitative estimate of drug-likeness (QED) is 0.679. The summed E-state index contributed by atoms with van der Waals surface area (Å²) >= 11 is 0. The van der Waals surface area contributed by atoms with Gasteiger partial charge in [0.2, 0.25) is 13.6 Å². The number of hydrogen-bond acceptors (Lipinski definition) is 6. The molecule has 2 aromatic carbocycles. The average Bonchev–Trinajstić information content (AvgIpc) is 3.32. The van der Waals surface area contributed by atoms with Crippen molar-refractivity contribution in [3.8, 4) is 34.1 Å². The van der Waals surface area contributed by atoms with Crippen molar-refractivity contribution in [2.24, 2.45) is 0 Å². The molecule has 0 bridgehead atoms. The summed E-state index contributed by atoms with van der Waals surface area (Å²) in [6.45, 7) is 11.6. The molecule has 0 spiro atoms. The van der Waals surface area contributed by atoms with Crippen LogP contribution < -0.4 is 18.9 Å². The summed E-state index contributed by atoms with van der Waals surface area (Å²) in [5.74, 6) is 2.09. The molecule has 8 heteroatoms. The fourth-order valence-corrected chi connectivity index (χ4v) is 5.81. The smallest absolute Gasteiger partial charge is 0.231 e. The zero-order valence-electron chi connectivity index (χ0n) is 18.0. The molecule has 0 saturated heterocycles. The van der Waals surface area contributed by atoms with Crippen molar-refractivity contribution in [2.75, 3.05) is 13.6 Å². The van der Waals surface area contributed by atoms with E-state index >= 15 is 0 Å². The fraction of sp³-hybridized carbons (Fsp3) is 0.455. The van der Waals surface area contributed by atoms with Crippen molar-refractivity contribution in [1.82, 2.24) is 0 Å². The van der Waals surface area contributed by atoms with Gasteiger partial charge in [-0.2, -0.15) is 0 Å². The van der Waals surface area contributed by atoms with E-state index in [9.17, 15) is 8.42 Å². The molecule has 2 aromatic rings. The molecule has 0 aromatic heterocycles. The van der Waals surface area contributed by atoms with E-state index in [2.05, 4.69) is 0 Å². The van der Waals surface area contributed by atoms with E-state index in [-0.39, 0.29) is 13.6 Å². The second-order valence-corrected chi connectivity index (χ2v) is 13.5. The van der Waals surface area contributed by atoms with Gasteiger partial charge in [-0.05, 0) is 65.8 Å². The van der Waals surface area contributed by atoms with Crippen LogP contribution in [0, 0.1) is 0 Å². The summed E-state index contributed by atoms with van der Waals surface area (Å²) in [4.78, 5) is 1.17. The Balaban J connectivity index is 2.09. The first-order valence-corrected chi connectivity index (χ1v) is 12.0. The fourth-order valence-electron chi connectivity index (χ4n) is 3.35. The standard InChI is InChI=1S/C22H26O6S2/c1-21(2,3)29(23)15-9-7-13-19(27-11-25-13)17(15)18-16(30(24)22(4,5)6)10-8-14-20(18)28-12-26-14/h7-10H,11-12H2,1-6H3. The molecule has 2 unspecified atom stereocenters. The van der Waals surface area contributed by atoms with Gasteiger partial charge in [0.25, 0.3) is 0 Å². The van der Waals surface area contributed by atoms with Crippen molar-refractivity contribution in [3.05, 3.63) is 24.3 Å². The molecule has 162 valence electrons. The Morgan fingerprint density at radius 1 is 0.633 bits per heavy atom. The van der Waals surface area contributed by atoms with E-state index in [0.29, 0.717) is 43.9 Å². The summed E-state index contributed by atoms with van der Waals surface area (Å²) in [6.07, 6.45) is 0. The zero-order chi connectivity index (χ0) is 21.8. The lowest BCUT2D eigenvalue weighted by Gasteiger charge is -2.24. The van der Waals surface area contributed by atoms with Crippen LogP contribution in [0.4, 0.5) is 0 Å². The topological polar surface area (TPSA) is 71.1 Å². The maximum absolute atomic E-state index is 13.5. The number of rotatable bonds is 3. The van der Waals surface area contributed by atoms with Crippen LogP contribution in [0.15, 0.2) is 34.1 Å². The van der Waals surface area contributed by atoms with E-state index in [1.165, 1.54) is 0 Å². The summed E-state index contributed by atoms with van der Waals surface area (Å²) in [5.41, 5.74) is 1.18. The second-order valence-electron chi connectivity index (χ2n) is 9.11. The van der Waals surface area contributed by atoms with Crippen LogP contribution in [0.25, 0.3) is 11.1 Å². The average molecular weight is 451 g/mol. The van der Waals surface area contributed by atoms with Crippen molar-refractivity contribution in [3.63, 3.8) is 0 Å². The molecule has 6 nitrogen and oxygen atoms in total. The lowest BCUT2D eigenvalue weighted by molar-refractivity contribution is 0.172. The molecular weight excluding hydrogens is 424 g/mol. The molecule has 0 fully saturated rings. The van der Waals surface area contributed by atoms with E-state index in [1.807, 2.05) is 41.5 Å². The predicted octanol–water partition coefficient (Wildman–Crippen LogP) is 4.62. The molecular formula is C22H26O6S2. The van der Waals surface area contributed by atoms with Crippen LogP contribution in [0.3, 0.4) is 0 Å². The Bertz CT molecular complexity index is 977. The molecule has 2 atom stereocenters. The van der Waals surface area contributed by atoms with Gasteiger partial charge in [-0.25, -0.2) is 0 Å². The van der Waals surface area contributed by atoms with Crippen molar-refractivity contribution in [1.29, 1.82) is 0 Å². The first-order chi connectivity index (χ1) is 14.0. The maximum atomic E-state index is 13.5. The summed E-state index contributed by atoms with van der Waals surface area (Å²) < 4.78 is 48.8. The van der Waals surface area contributed by atoms with Crippen LogP contribution in [-0.4, -0.2) is 31.5 Å². The van der Waals surface area contributed by atoms with Crippen LogP contribution in [0.5, 0.6) is 23.0 Å². The summed E-state index contributed by atoms with van der Waals surface area (Å²) in [7, 11) is -2.75. The van der Waals surface area contributed by atoms with Gasteiger partial charge < -0.3 is 18.9 Å². The van der Waals surface area contributed by atoms with E-state index < -0.39 is 31.1 Å². The summed E-state index contributed by atoms with van der Waals surface area (Å²) in [5, 5.41) is 0. The molecule has 0 amide bonds. The Hall–Kier alpha value is -2.06. The van der Waals surface area contributed by atoms with E-state index in [0.717, 1.165) is 0 Å². The van der Waals surface area contributed by atoms with Gasteiger partial charge in [0.1, 0.15) is 0 Å². The molecule has 2 heterocycles. The Morgan fingerprint density at radius 2 is 1.00 bits per heavy atom. The first kappa shape index (κ1) is 21.2. The predicted molar refractivity (Wildman–Crippen MR) is 116 cm³/mol. The molecule has 4 rings (SSSR count). The lowest BCUT2D eigenvalue weighted by atomic mass is 10.0. The minimum Gasteiger partial charge on any atom is -0.454 e. The van der Waals surface area contributed by atoms with E-state index in [1.54, 1.807) is 24.3 Å². The van der Waals surface area contributed by atoms with Gasteiger partial charge >= 0.3 is 0 Å². The molecule has 0 N–H and O–H groups in total. The first-order valence-electron chi connectivity index (χ1n) is 9.69. The van der Waals surface area contributed by atoms with Gasteiger partial charge in [0.05, 0.1) is 31.4 Å². The lowest BCUT2D eigenvalue weighted by Crippen LogP contribution is -2.23. The Labute approximate surface area is 181 Å². The summed E-state index contributed by atoms with van der Waals surface area (Å²) in [6, 6.07) is 7.13. The molecule has 0 aliphatic carbocycles. The van der Waals surface area contributed by atoms with Gasteiger partial charge in [-0.15, -0.1) is 0 Å². The number of benzene rings is 2. The molecule has 2 aliphatic heterocycles. The number of ether oxygens (including phenoxy) is 4. The van der Waals surface area contributed by atoms with Crippen molar-refractivity contribution >= 4 is 21.6 Å². The van der Waals surface area contributed by atoms with Crippen LogP contribution in [-0.2, 0) is 21.6 Å². The molecule has 0 radical (unpaired) electrons. The highest BCUT2D eigenvalue weighted by Crippen LogP contribution is 2.53. The third-order valence-electron chi connectivity index (χ3n) is 4.76.